The maximum atomic E-state index is 5.99. The molecule has 0 amide bonds. The van der Waals surface area contributed by atoms with Gasteiger partial charge in [-0.1, -0.05) is 0 Å². The molecule has 2 fully saturated rings. The molecule has 2 saturated heterocycles. The van der Waals surface area contributed by atoms with Crippen LogP contribution >= 0.6 is 0 Å². The highest BCUT2D eigenvalue weighted by Gasteiger charge is 2.17. The van der Waals surface area contributed by atoms with Gasteiger partial charge in [0.05, 0.1) is 12.7 Å². The zero-order valence-electron chi connectivity index (χ0n) is 13.3. The minimum absolute atomic E-state index is 0.498. The largest absolute Gasteiger partial charge is 0.377 e. The summed E-state index contributed by atoms with van der Waals surface area (Å²) in [6.07, 6.45) is 2.86. The molecule has 0 radical (unpaired) electrons. The van der Waals surface area contributed by atoms with E-state index in [1.54, 1.807) is 0 Å². The van der Waals surface area contributed by atoms with Gasteiger partial charge < -0.3 is 15.0 Å². The third-order valence-corrected chi connectivity index (χ3v) is 4.38. The summed E-state index contributed by atoms with van der Waals surface area (Å²) in [4.78, 5) is 7.39. The molecule has 2 heterocycles. The number of nitrogens with zero attached hydrogens (tertiary/aromatic N) is 3. The Labute approximate surface area is 124 Å². The van der Waals surface area contributed by atoms with Gasteiger partial charge in [-0.3, -0.25) is 9.80 Å². The molecular weight excluding hydrogens is 252 g/mol. The van der Waals surface area contributed by atoms with E-state index >= 15 is 0 Å². The molecule has 0 saturated carbocycles. The molecule has 0 spiro atoms. The van der Waals surface area contributed by atoms with Crippen LogP contribution in [0.1, 0.15) is 12.8 Å². The summed E-state index contributed by atoms with van der Waals surface area (Å²) in [7, 11) is 4.29. The Balaban J connectivity index is 1.51. The number of likely N-dealkylation sites (N-methyl/N-ethyl adjacent to an activating group) is 1. The van der Waals surface area contributed by atoms with Crippen molar-refractivity contribution in [2.75, 3.05) is 79.6 Å². The minimum atomic E-state index is 0.498. The van der Waals surface area contributed by atoms with E-state index < -0.39 is 0 Å². The zero-order chi connectivity index (χ0) is 14.2. The third-order valence-electron chi connectivity index (χ3n) is 4.38. The fraction of sp³-hybridized carbons (Fsp3) is 1.00. The molecular formula is C15H32N4O. The van der Waals surface area contributed by atoms with Crippen LogP contribution in [0, 0.1) is 0 Å². The fourth-order valence-corrected chi connectivity index (χ4v) is 2.89. The molecule has 0 aromatic rings. The number of ether oxygens (including phenoxy) is 1. The molecule has 2 aliphatic heterocycles. The highest BCUT2D eigenvalue weighted by molar-refractivity contribution is 4.73. The standard InChI is InChI=1S/C15H32N4O/c1-17(2)7-8-18-9-11-19(12-10-18)13-14-20-15-3-5-16-6-4-15/h15-16H,3-14H2,1-2H3. The van der Waals surface area contributed by atoms with Crippen molar-refractivity contribution in [3.8, 4) is 0 Å². The number of hydrogen-bond acceptors (Lipinski definition) is 5. The molecule has 0 atom stereocenters. The van der Waals surface area contributed by atoms with E-state index in [4.69, 9.17) is 4.74 Å². The van der Waals surface area contributed by atoms with Crippen molar-refractivity contribution in [1.82, 2.24) is 20.0 Å². The summed E-state index contributed by atoms with van der Waals surface area (Å²) in [6, 6.07) is 0. The first-order chi connectivity index (χ1) is 9.74. The summed E-state index contributed by atoms with van der Waals surface area (Å²) in [5, 5.41) is 3.38. The molecule has 118 valence electrons. The Kier molecular flexibility index (Phi) is 7.24. The average Bonchev–Trinajstić information content (AvgIpc) is 2.47. The van der Waals surface area contributed by atoms with Crippen LogP contribution in [0.25, 0.3) is 0 Å². The second kappa shape index (κ2) is 8.95. The number of piperazine rings is 1. The molecule has 5 heteroatoms. The van der Waals surface area contributed by atoms with Crippen LogP contribution in [-0.2, 0) is 4.74 Å². The van der Waals surface area contributed by atoms with E-state index in [1.807, 2.05) is 0 Å². The predicted molar refractivity (Wildman–Crippen MR) is 83.3 cm³/mol. The van der Waals surface area contributed by atoms with Gasteiger partial charge in [0, 0.05) is 45.8 Å². The second-order valence-corrected chi connectivity index (χ2v) is 6.31. The molecule has 0 unspecified atom stereocenters. The van der Waals surface area contributed by atoms with Crippen molar-refractivity contribution in [2.45, 2.75) is 18.9 Å². The van der Waals surface area contributed by atoms with Gasteiger partial charge in [-0.05, 0) is 40.0 Å². The van der Waals surface area contributed by atoms with Gasteiger partial charge in [0.15, 0.2) is 0 Å². The predicted octanol–water partition coefficient (Wildman–Crippen LogP) is -0.0658. The number of rotatable bonds is 7. The summed E-state index contributed by atoms with van der Waals surface area (Å²) in [5.41, 5.74) is 0. The lowest BCUT2D eigenvalue weighted by atomic mass is 10.1. The normalized spacial score (nSPS) is 23.6. The Morgan fingerprint density at radius 2 is 1.60 bits per heavy atom. The van der Waals surface area contributed by atoms with Crippen molar-refractivity contribution < 1.29 is 4.74 Å². The van der Waals surface area contributed by atoms with Crippen LogP contribution in [0.5, 0.6) is 0 Å². The van der Waals surface area contributed by atoms with Crippen molar-refractivity contribution in [1.29, 1.82) is 0 Å². The molecule has 0 aromatic carbocycles. The lowest BCUT2D eigenvalue weighted by Gasteiger charge is -2.35. The summed E-state index contributed by atoms with van der Waals surface area (Å²) < 4.78 is 5.99. The van der Waals surface area contributed by atoms with Crippen molar-refractivity contribution in [3.63, 3.8) is 0 Å². The Morgan fingerprint density at radius 1 is 1.00 bits per heavy atom. The van der Waals surface area contributed by atoms with Crippen LogP contribution in [0.15, 0.2) is 0 Å². The quantitative estimate of drug-likeness (QED) is 0.707. The van der Waals surface area contributed by atoms with Gasteiger partial charge in [-0.2, -0.15) is 0 Å². The van der Waals surface area contributed by atoms with Crippen molar-refractivity contribution >= 4 is 0 Å². The van der Waals surface area contributed by atoms with Crippen LogP contribution < -0.4 is 5.32 Å². The molecule has 0 aromatic heterocycles. The van der Waals surface area contributed by atoms with E-state index in [0.717, 1.165) is 26.2 Å². The molecule has 2 rings (SSSR count). The molecule has 2 aliphatic rings. The smallest absolute Gasteiger partial charge is 0.0600 e. The van der Waals surface area contributed by atoms with E-state index in [2.05, 4.69) is 34.1 Å². The van der Waals surface area contributed by atoms with Gasteiger partial charge in [0.1, 0.15) is 0 Å². The SMILES string of the molecule is CN(C)CCN1CCN(CCOC2CCNCC2)CC1. The van der Waals surface area contributed by atoms with E-state index in [0.29, 0.717) is 6.10 Å². The van der Waals surface area contributed by atoms with Gasteiger partial charge in [0.25, 0.3) is 0 Å². The summed E-state index contributed by atoms with van der Waals surface area (Å²) in [6.45, 7) is 11.4. The highest BCUT2D eigenvalue weighted by atomic mass is 16.5. The Hall–Kier alpha value is -0.200. The monoisotopic (exact) mass is 284 g/mol. The van der Waals surface area contributed by atoms with E-state index in [1.165, 1.54) is 52.1 Å². The van der Waals surface area contributed by atoms with Crippen LogP contribution in [0.4, 0.5) is 0 Å². The average molecular weight is 284 g/mol. The second-order valence-electron chi connectivity index (χ2n) is 6.31. The third kappa shape index (κ3) is 6.06. The lowest BCUT2D eigenvalue weighted by molar-refractivity contribution is 0.0125. The van der Waals surface area contributed by atoms with Gasteiger partial charge in [0.2, 0.25) is 0 Å². The molecule has 0 aliphatic carbocycles. The van der Waals surface area contributed by atoms with Crippen LogP contribution in [0.3, 0.4) is 0 Å². The van der Waals surface area contributed by atoms with Gasteiger partial charge in [-0.15, -0.1) is 0 Å². The van der Waals surface area contributed by atoms with Crippen molar-refractivity contribution in [2.24, 2.45) is 0 Å². The van der Waals surface area contributed by atoms with Crippen molar-refractivity contribution in [3.05, 3.63) is 0 Å². The molecule has 5 nitrogen and oxygen atoms in total. The lowest BCUT2D eigenvalue weighted by Crippen LogP contribution is -2.48. The number of hydrogen-bond donors (Lipinski definition) is 1. The summed E-state index contributed by atoms with van der Waals surface area (Å²) >= 11 is 0. The highest BCUT2D eigenvalue weighted by Crippen LogP contribution is 2.07. The van der Waals surface area contributed by atoms with E-state index in [9.17, 15) is 0 Å². The maximum absolute atomic E-state index is 5.99. The molecule has 0 bridgehead atoms. The summed E-state index contributed by atoms with van der Waals surface area (Å²) in [5.74, 6) is 0. The molecule has 20 heavy (non-hydrogen) atoms. The first-order valence-corrected chi connectivity index (χ1v) is 8.16. The Morgan fingerprint density at radius 3 is 2.20 bits per heavy atom. The minimum Gasteiger partial charge on any atom is -0.377 e. The number of nitrogens with one attached hydrogen (secondary N) is 1. The Bertz CT molecular complexity index is 248. The van der Waals surface area contributed by atoms with E-state index in [-0.39, 0.29) is 0 Å². The zero-order valence-corrected chi connectivity index (χ0v) is 13.3. The topological polar surface area (TPSA) is 31.0 Å². The molecule has 1 N–H and O–H groups in total. The van der Waals surface area contributed by atoms with Gasteiger partial charge in [-0.25, -0.2) is 0 Å². The van der Waals surface area contributed by atoms with Crippen LogP contribution in [-0.4, -0.2) is 100 Å². The fourth-order valence-electron chi connectivity index (χ4n) is 2.89. The first kappa shape index (κ1) is 16.2. The first-order valence-electron chi connectivity index (χ1n) is 8.16. The van der Waals surface area contributed by atoms with Gasteiger partial charge >= 0.3 is 0 Å². The maximum Gasteiger partial charge on any atom is 0.0600 e. The number of piperidine rings is 1. The van der Waals surface area contributed by atoms with Crippen LogP contribution in [0.2, 0.25) is 0 Å².